The number of aliphatic imine (C=N–C) groups is 1. The molecule has 2 rings (SSSR count). The van der Waals surface area contributed by atoms with Crippen LogP contribution in [0.5, 0.6) is 0 Å². The molecule has 1 aliphatic heterocycles. The van der Waals surface area contributed by atoms with Crippen molar-refractivity contribution in [2.75, 3.05) is 0 Å². The van der Waals surface area contributed by atoms with Crippen molar-refractivity contribution in [2.45, 2.75) is 51.9 Å². The molecule has 1 aromatic rings. The second-order valence-electron chi connectivity index (χ2n) is 7.68. The first-order valence-electron chi connectivity index (χ1n) is 8.11. The highest BCUT2D eigenvalue weighted by Gasteiger charge is 2.57. The lowest BCUT2D eigenvalue weighted by Crippen LogP contribution is -2.75. The zero-order valence-electron chi connectivity index (χ0n) is 15.1. The molecule has 0 spiro atoms. The molecular formula is C17H25N3O3Si. The molecule has 0 aromatic heterocycles. The first kappa shape index (κ1) is 18.3. The average molecular weight is 347 g/mol. The van der Waals surface area contributed by atoms with Gasteiger partial charge < -0.3 is 4.90 Å². The molecule has 0 saturated carbocycles. The third kappa shape index (κ3) is 3.13. The summed E-state index contributed by atoms with van der Waals surface area (Å²) in [6, 6.07) is 6.41. The lowest BCUT2D eigenvalue weighted by molar-refractivity contribution is -0.384. The van der Waals surface area contributed by atoms with Crippen LogP contribution in [0.4, 0.5) is 5.69 Å². The number of benzene rings is 1. The van der Waals surface area contributed by atoms with Crippen LogP contribution in [0.3, 0.4) is 0 Å². The summed E-state index contributed by atoms with van der Waals surface area (Å²) < 4.78 is 0. The predicted octanol–water partition coefficient (Wildman–Crippen LogP) is 1.74. The SMILES string of the molecule is CC(N1C(=O)C([SiH3])(N=Cc2ccc([N+](=O)[O-])cc2)C1C)C(C)(C)C. The maximum atomic E-state index is 12.7. The fourth-order valence-electron chi connectivity index (χ4n) is 2.80. The molecule has 1 amide bonds. The number of likely N-dealkylation sites (tertiary alicyclic amines) is 1. The average Bonchev–Trinajstić information content (AvgIpc) is 2.52. The summed E-state index contributed by atoms with van der Waals surface area (Å²) in [6.45, 7) is 10.5. The zero-order chi connectivity index (χ0) is 18.3. The molecule has 1 aliphatic rings. The molecule has 7 heteroatoms. The van der Waals surface area contributed by atoms with Gasteiger partial charge in [0, 0.05) is 24.4 Å². The number of nitrogens with zero attached hydrogens (tertiary/aromatic N) is 3. The van der Waals surface area contributed by atoms with Crippen molar-refractivity contribution in [1.29, 1.82) is 0 Å². The predicted molar refractivity (Wildman–Crippen MR) is 98.6 cm³/mol. The van der Waals surface area contributed by atoms with Gasteiger partial charge in [0.2, 0.25) is 5.91 Å². The molecular weight excluding hydrogens is 322 g/mol. The number of amides is 1. The maximum absolute atomic E-state index is 12.7. The molecule has 1 heterocycles. The van der Waals surface area contributed by atoms with Gasteiger partial charge in [0.25, 0.3) is 5.69 Å². The van der Waals surface area contributed by atoms with Gasteiger partial charge in [-0.05, 0) is 37.0 Å². The number of carbonyl (C=O) groups excluding carboxylic acids is 1. The minimum Gasteiger partial charge on any atom is -0.332 e. The first-order valence-corrected chi connectivity index (χ1v) is 9.11. The quantitative estimate of drug-likeness (QED) is 0.274. The molecule has 1 fully saturated rings. The Morgan fingerprint density at radius 3 is 2.33 bits per heavy atom. The molecule has 3 atom stereocenters. The summed E-state index contributed by atoms with van der Waals surface area (Å²) in [5, 5.41) is 10.0. The van der Waals surface area contributed by atoms with Crippen LogP contribution in [0.25, 0.3) is 0 Å². The topological polar surface area (TPSA) is 75.8 Å². The molecule has 3 unspecified atom stereocenters. The summed E-state index contributed by atoms with van der Waals surface area (Å²) in [5.74, 6) is 0.0854. The van der Waals surface area contributed by atoms with Gasteiger partial charge in [0.1, 0.15) is 5.16 Å². The second-order valence-corrected chi connectivity index (χ2v) is 9.21. The van der Waals surface area contributed by atoms with Crippen LogP contribution in [-0.2, 0) is 4.79 Å². The highest BCUT2D eigenvalue weighted by atomic mass is 28.1. The third-order valence-corrected chi connectivity index (χ3v) is 6.68. The molecule has 0 aliphatic carbocycles. The van der Waals surface area contributed by atoms with Gasteiger partial charge in [-0.2, -0.15) is 0 Å². The number of carbonyl (C=O) groups is 1. The Hall–Kier alpha value is -2.02. The lowest BCUT2D eigenvalue weighted by atomic mass is 9.81. The summed E-state index contributed by atoms with van der Waals surface area (Å²) in [4.78, 5) is 29.4. The molecule has 0 bridgehead atoms. The van der Waals surface area contributed by atoms with Gasteiger partial charge in [0.15, 0.2) is 0 Å². The van der Waals surface area contributed by atoms with Gasteiger partial charge in [-0.1, -0.05) is 20.8 Å². The summed E-state index contributed by atoms with van der Waals surface area (Å²) in [5.41, 5.74) is 0.832. The Kier molecular flexibility index (Phi) is 4.67. The third-order valence-electron chi connectivity index (χ3n) is 5.15. The van der Waals surface area contributed by atoms with Crippen LogP contribution in [-0.4, -0.2) is 49.4 Å². The summed E-state index contributed by atoms with van der Waals surface area (Å²) in [6.07, 6.45) is 1.66. The van der Waals surface area contributed by atoms with Crippen molar-refractivity contribution in [3.8, 4) is 0 Å². The summed E-state index contributed by atoms with van der Waals surface area (Å²) >= 11 is 0. The van der Waals surface area contributed by atoms with Crippen molar-refractivity contribution in [3.63, 3.8) is 0 Å². The Bertz CT molecular complexity index is 681. The zero-order valence-corrected chi connectivity index (χ0v) is 17.1. The van der Waals surface area contributed by atoms with Crippen LogP contribution in [0.1, 0.15) is 40.2 Å². The highest BCUT2D eigenvalue weighted by molar-refractivity contribution is 6.32. The number of non-ortho nitro benzene ring substituents is 1. The Morgan fingerprint density at radius 2 is 1.92 bits per heavy atom. The number of nitro benzene ring substituents is 1. The van der Waals surface area contributed by atoms with E-state index in [1.54, 1.807) is 18.3 Å². The van der Waals surface area contributed by atoms with Crippen molar-refractivity contribution in [1.82, 2.24) is 4.90 Å². The van der Waals surface area contributed by atoms with Crippen LogP contribution < -0.4 is 0 Å². The van der Waals surface area contributed by atoms with E-state index in [0.29, 0.717) is 10.2 Å². The molecule has 0 radical (unpaired) electrons. The van der Waals surface area contributed by atoms with Crippen molar-refractivity contribution < 1.29 is 9.72 Å². The van der Waals surface area contributed by atoms with E-state index in [1.807, 2.05) is 11.8 Å². The molecule has 6 nitrogen and oxygen atoms in total. The van der Waals surface area contributed by atoms with Gasteiger partial charge in [-0.25, -0.2) is 0 Å². The molecule has 1 saturated heterocycles. The Balaban J connectivity index is 2.15. The van der Waals surface area contributed by atoms with Crippen LogP contribution in [0, 0.1) is 15.5 Å². The first-order chi connectivity index (χ1) is 11.0. The van der Waals surface area contributed by atoms with E-state index in [1.165, 1.54) is 12.1 Å². The van der Waals surface area contributed by atoms with Gasteiger partial charge >= 0.3 is 0 Å². The number of nitro groups is 1. The van der Waals surface area contributed by atoms with E-state index in [4.69, 9.17) is 0 Å². The number of hydrogen-bond acceptors (Lipinski definition) is 4. The van der Waals surface area contributed by atoms with Gasteiger partial charge in [-0.15, -0.1) is 0 Å². The monoisotopic (exact) mass is 347 g/mol. The van der Waals surface area contributed by atoms with E-state index in [2.05, 4.69) is 32.7 Å². The van der Waals surface area contributed by atoms with E-state index < -0.39 is 10.1 Å². The van der Waals surface area contributed by atoms with E-state index in [0.717, 1.165) is 5.56 Å². The highest BCUT2D eigenvalue weighted by Crippen LogP contribution is 2.38. The van der Waals surface area contributed by atoms with Crippen LogP contribution in [0.15, 0.2) is 29.3 Å². The molecule has 0 N–H and O–H groups in total. The van der Waals surface area contributed by atoms with Crippen molar-refractivity contribution in [2.24, 2.45) is 10.4 Å². The second kappa shape index (κ2) is 6.12. The van der Waals surface area contributed by atoms with E-state index in [-0.39, 0.29) is 29.1 Å². The Morgan fingerprint density at radius 1 is 1.38 bits per heavy atom. The van der Waals surface area contributed by atoms with Crippen molar-refractivity contribution in [3.05, 3.63) is 39.9 Å². The molecule has 24 heavy (non-hydrogen) atoms. The fourth-order valence-corrected chi connectivity index (χ4v) is 3.47. The van der Waals surface area contributed by atoms with Gasteiger partial charge in [-0.3, -0.25) is 19.9 Å². The smallest absolute Gasteiger partial charge is 0.269 e. The normalized spacial score (nSPS) is 25.8. The Labute approximate surface area is 145 Å². The fraction of sp³-hybridized carbons (Fsp3) is 0.529. The lowest BCUT2D eigenvalue weighted by Gasteiger charge is -2.56. The minimum atomic E-state index is -0.638. The van der Waals surface area contributed by atoms with Gasteiger partial charge in [0.05, 0.1) is 21.2 Å². The number of hydrogen-bond donors (Lipinski definition) is 0. The van der Waals surface area contributed by atoms with E-state index in [9.17, 15) is 14.9 Å². The number of rotatable bonds is 4. The maximum Gasteiger partial charge on any atom is 0.269 e. The van der Waals surface area contributed by atoms with Crippen molar-refractivity contribution >= 4 is 28.1 Å². The minimum absolute atomic E-state index is 0.0227. The largest absolute Gasteiger partial charge is 0.332 e. The van der Waals surface area contributed by atoms with E-state index >= 15 is 0 Å². The summed E-state index contributed by atoms with van der Waals surface area (Å²) in [7, 11) is 0.633. The number of β-lactam (4-membered cyclic amide) rings is 1. The molecule has 1 aromatic carbocycles. The van der Waals surface area contributed by atoms with Crippen LogP contribution in [0.2, 0.25) is 0 Å². The molecule has 130 valence electrons. The standard InChI is InChI=1S/C17H25N3O3Si/c1-11(16(3,4)5)19-12(2)17(24,15(19)21)18-10-13-6-8-14(9-7-13)20(22)23/h6-12H,1-5,24H3. The van der Waals surface area contributed by atoms with Crippen LogP contribution >= 0.6 is 0 Å².